The molecule has 4 nitrogen and oxygen atoms in total. The second kappa shape index (κ2) is 5.49. The molecule has 0 unspecified atom stereocenters. The number of carboxylic acids is 2. The summed E-state index contributed by atoms with van der Waals surface area (Å²) >= 11 is 0. The molecule has 0 aliphatic rings. The second-order valence-corrected chi connectivity index (χ2v) is 3.10. The monoisotopic (exact) mass is 236 g/mol. The van der Waals surface area contributed by atoms with Gasteiger partial charge in [-0.3, -0.25) is 9.59 Å². The van der Waals surface area contributed by atoms with Crippen LogP contribution < -0.4 is 0 Å². The van der Waals surface area contributed by atoms with Gasteiger partial charge in [-0.25, -0.2) is 0 Å². The maximum absolute atomic E-state index is 10.9. The van der Waals surface area contributed by atoms with Gasteiger partial charge in [0.05, 0.1) is 0 Å². The van der Waals surface area contributed by atoms with Crippen molar-refractivity contribution >= 4 is 49.7 Å². The smallest absolute Gasteiger partial charge is 1.00 e. The molecule has 2 N–H and O–H groups in total. The van der Waals surface area contributed by atoms with E-state index in [2.05, 4.69) is 0 Å². The third-order valence-electron chi connectivity index (χ3n) is 2.21. The fourth-order valence-corrected chi connectivity index (χ4v) is 1.11. The Balaban J connectivity index is -0.000000653. The average molecular weight is 236 g/mol. The van der Waals surface area contributed by atoms with Crippen LogP contribution in [0.4, 0.5) is 0 Å². The van der Waals surface area contributed by atoms with E-state index in [0.29, 0.717) is 0 Å². The van der Waals surface area contributed by atoms with Crippen LogP contribution in [0.2, 0.25) is 0 Å². The first-order valence-electron chi connectivity index (χ1n) is 4.02. The van der Waals surface area contributed by atoms with Crippen molar-refractivity contribution in [3.05, 3.63) is 35.9 Å². The van der Waals surface area contributed by atoms with Crippen molar-refractivity contribution < 1.29 is 22.7 Å². The summed E-state index contributed by atoms with van der Waals surface area (Å²) in [5.74, 6) is -2.73. The van der Waals surface area contributed by atoms with E-state index in [0.717, 1.165) is 0 Å². The molecular formula is C10H12CaO4. The number of carboxylic acid groups (broad SMARTS) is 2. The predicted molar refractivity (Wildman–Crippen MR) is 57.0 cm³/mol. The van der Waals surface area contributed by atoms with E-state index in [1.165, 1.54) is 19.1 Å². The summed E-state index contributed by atoms with van der Waals surface area (Å²) in [6, 6.07) is 7.90. The Hall–Kier alpha value is -0.580. The second-order valence-electron chi connectivity index (χ2n) is 3.10. The zero-order chi connectivity index (χ0) is 10.8. The molecule has 5 heteroatoms. The maximum Gasteiger partial charge on any atom is 2.00 e. The third kappa shape index (κ3) is 2.71. The van der Waals surface area contributed by atoms with Gasteiger partial charge in [0.2, 0.25) is 0 Å². The summed E-state index contributed by atoms with van der Waals surface area (Å²) in [4.78, 5) is 21.8. The molecule has 0 fully saturated rings. The summed E-state index contributed by atoms with van der Waals surface area (Å²) in [6.07, 6.45) is 0. The van der Waals surface area contributed by atoms with Crippen LogP contribution in [0.5, 0.6) is 0 Å². The van der Waals surface area contributed by atoms with E-state index in [4.69, 9.17) is 10.2 Å². The molecule has 1 aromatic rings. The van der Waals surface area contributed by atoms with Gasteiger partial charge in [-0.1, -0.05) is 30.3 Å². The summed E-state index contributed by atoms with van der Waals surface area (Å²) in [6.45, 7) is 1.17. The molecule has 0 aliphatic heterocycles. The minimum Gasteiger partial charge on any atom is -1.00 e. The zero-order valence-electron chi connectivity index (χ0n) is 10.3. The molecule has 0 amide bonds. The maximum atomic E-state index is 10.9. The van der Waals surface area contributed by atoms with Gasteiger partial charge in [-0.05, 0) is 12.5 Å². The minimum absolute atomic E-state index is 0. The number of benzene rings is 1. The molecular weight excluding hydrogens is 224 g/mol. The molecule has 1 aromatic carbocycles. The van der Waals surface area contributed by atoms with Gasteiger partial charge in [0.25, 0.3) is 0 Å². The Morgan fingerprint density at radius 3 is 1.87 bits per heavy atom. The Morgan fingerprint density at radius 2 is 1.53 bits per heavy atom. The number of rotatable bonds is 3. The number of aliphatic carboxylic acids is 2. The summed E-state index contributed by atoms with van der Waals surface area (Å²) in [5.41, 5.74) is -1.61. The molecule has 78 valence electrons. The van der Waals surface area contributed by atoms with Gasteiger partial charge >= 0.3 is 49.7 Å². The van der Waals surface area contributed by atoms with Crippen molar-refractivity contribution in [1.29, 1.82) is 0 Å². The molecule has 15 heavy (non-hydrogen) atoms. The normalized spacial score (nSPS) is 10.2. The Morgan fingerprint density at radius 1 is 1.13 bits per heavy atom. The fourth-order valence-electron chi connectivity index (χ4n) is 1.11. The Bertz CT molecular complexity index is 356. The molecule has 0 atom stereocenters. The topological polar surface area (TPSA) is 74.6 Å². The van der Waals surface area contributed by atoms with Crippen LogP contribution in [0.25, 0.3) is 0 Å². The SMILES string of the molecule is CC(C(=O)O)(C(=O)O)c1ccccc1.[Ca+2].[H-].[H-]. The molecule has 0 spiro atoms. The first-order valence-corrected chi connectivity index (χ1v) is 4.02. The zero-order valence-corrected chi connectivity index (χ0v) is 10.5. The van der Waals surface area contributed by atoms with Gasteiger partial charge in [-0.15, -0.1) is 0 Å². The molecule has 0 aromatic heterocycles. The summed E-state index contributed by atoms with van der Waals surface area (Å²) in [7, 11) is 0. The molecule has 0 heterocycles. The van der Waals surface area contributed by atoms with Gasteiger partial charge in [0, 0.05) is 0 Å². The van der Waals surface area contributed by atoms with E-state index >= 15 is 0 Å². The molecule has 1 rings (SSSR count). The first-order chi connectivity index (χ1) is 6.49. The summed E-state index contributed by atoms with van der Waals surface area (Å²) < 4.78 is 0. The Labute approximate surface area is 120 Å². The molecule has 0 saturated heterocycles. The number of hydrogen-bond donors (Lipinski definition) is 2. The summed E-state index contributed by atoms with van der Waals surface area (Å²) in [5, 5.41) is 17.8. The van der Waals surface area contributed by atoms with Crippen LogP contribution in [0.3, 0.4) is 0 Å². The number of carbonyl (C=O) groups is 2. The van der Waals surface area contributed by atoms with E-state index in [9.17, 15) is 9.59 Å². The van der Waals surface area contributed by atoms with Crippen LogP contribution >= 0.6 is 0 Å². The van der Waals surface area contributed by atoms with Gasteiger partial charge in [-0.2, -0.15) is 0 Å². The number of hydrogen-bond acceptors (Lipinski definition) is 2. The fraction of sp³-hybridized carbons (Fsp3) is 0.200. The first kappa shape index (κ1) is 14.4. The average Bonchev–Trinajstić information content (AvgIpc) is 2.17. The van der Waals surface area contributed by atoms with Crippen molar-refractivity contribution in [1.82, 2.24) is 0 Å². The molecule has 0 bridgehead atoms. The van der Waals surface area contributed by atoms with E-state index in [1.807, 2.05) is 0 Å². The van der Waals surface area contributed by atoms with Crippen LogP contribution in [0.1, 0.15) is 15.3 Å². The largest absolute Gasteiger partial charge is 2.00 e. The van der Waals surface area contributed by atoms with Crippen LogP contribution in [-0.2, 0) is 15.0 Å². The molecule has 0 aliphatic carbocycles. The van der Waals surface area contributed by atoms with E-state index < -0.39 is 17.4 Å². The van der Waals surface area contributed by atoms with E-state index in [-0.39, 0.29) is 46.2 Å². The third-order valence-corrected chi connectivity index (χ3v) is 2.21. The van der Waals surface area contributed by atoms with E-state index in [1.54, 1.807) is 18.2 Å². The molecule has 0 saturated carbocycles. The van der Waals surface area contributed by atoms with Crippen molar-refractivity contribution in [2.24, 2.45) is 0 Å². The van der Waals surface area contributed by atoms with Crippen LogP contribution in [0.15, 0.2) is 30.3 Å². The van der Waals surface area contributed by atoms with Crippen LogP contribution in [-0.4, -0.2) is 59.9 Å². The van der Waals surface area contributed by atoms with Crippen molar-refractivity contribution in [3.8, 4) is 0 Å². The Kier molecular flexibility index (Phi) is 5.28. The van der Waals surface area contributed by atoms with Crippen LogP contribution in [0, 0.1) is 0 Å². The van der Waals surface area contributed by atoms with Crippen molar-refractivity contribution in [2.45, 2.75) is 12.3 Å². The van der Waals surface area contributed by atoms with Gasteiger partial charge in [0.15, 0.2) is 5.41 Å². The van der Waals surface area contributed by atoms with Gasteiger partial charge < -0.3 is 13.1 Å². The minimum atomic E-state index is -1.87. The quantitative estimate of drug-likeness (QED) is 0.605. The van der Waals surface area contributed by atoms with Crippen molar-refractivity contribution in [3.63, 3.8) is 0 Å². The molecule has 0 radical (unpaired) electrons. The van der Waals surface area contributed by atoms with Crippen molar-refractivity contribution in [2.75, 3.05) is 0 Å². The standard InChI is InChI=1S/C10H10O4.Ca.2H/c1-10(8(11)12,9(13)14)7-5-3-2-4-6-7;;;/h2-6H,1H3,(H,11,12)(H,13,14);;;/q;+2;2*-1. The van der Waals surface area contributed by atoms with Gasteiger partial charge in [0.1, 0.15) is 0 Å². The predicted octanol–water partition coefficient (Wildman–Crippen LogP) is 0.958.